The summed E-state index contributed by atoms with van der Waals surface area (Å²) in [7, 11) is 3.64. The molecule has 2 aliphatic heterocycles. The molecular weight excluding hydrogens is 314 g/mol. The molecule has 3 rings (SSSR count). The molecule has 0 aromatic heterocycles. The molecule has 0 spiro atoms. The van der Waals surface area contributed by atoms with E-state index in [0.717, 1.165) is 58.4 Å². The van der Waals surface area contributed by atoms with Crippen molar-refractivity contribution in [3.63, 3.8) is 0 Å². The first-order valence-electron chi connectivity index (χ1n) is 9.44. The minimum absolute atomic E-state index is 0.165. The zero-order chi connectivity index (χ0) is 17.7. The van der Waals surface area contributed by atoms with E-state index in [-0.39, 0.29) is 5.91 Å². The van der Waals surface area contributed by atoms with E-state index in [9.17, 15) is 4.79 Å². The van der Waals surface area contributed by atoms with Gasteiger partial charge in [0.05, 0.1) is 0 Å². The van der Waals surface area contributed by atoms with Gasteiger partial charge in [0.25, 0.3) is 5.91 Å². The molecule has 2 saturated heterocycles. The van der Waals surface area contributed by atoms with Crippen LogP contribution in [0.2, 0.25) is 0 Å². The highest BCUT2D eigenvalue weighted by Gasteiger charge is 2.43. The predicted octanol–water partition coefficient (Wildman–Crippen LogP) is 1.88. The number of benzene rings is 1. The molecule has 0 unspecified atom stereocenters. The number of likely N-dealkylation sites (tertiary alicyclic amines) is 1. The highest BCUT2D eigenvalue weighted by molar-refractivity contribution is 5.85. The Morgan fingerprint density at radius 1 is 1.24 bits per heavy atom. The molecule has 1 N–H and O–H groups in total. The third-order valence-corrected chi connectivity index (χ3v) is 5.87. The highest BCUT2D eigenvalue weighted by Crippen LogP contribution is 2.27. The summed E-state index contributed by atoms with van der Waals surface area (Å²) in [6.07, 6.45) is 3.60. The molecule has 0 radical (unpaired) electrons. The summed E-state index contributed by atoms with van der Waals surface area (Å²) >= 11 is 0. The minimum atomic E-state index is -0.624. The largest absolute Gasteiger partial charge is 0.368 e. The molecule has 0 aliphatic carbocycles. The van der Waals surface area contributed by atoms with Gasteiger partial charge in [0.2, 0.25) is 0 Å². The molecule has 0 atom stereocenters. The van der Waals surface area contributed by atoms with Crippen molar-refractivity contribution < 1.29 is 9.53 Å². The van der Waals surface area contributed by atoms with Gasteiger partial charge in [-0.1, -0.05) is 30.3 Å². The third kappa shape index (κ3) is 4.22. The van der Waals surface area contributed by atoms with Crippen LogP contribution in [-0.2, 0) is 16.1 Å². The van der Waals surface area contributed by atoms with Crippen LogP contribution in [0, 0.1) is 0 Å². The fraction of sp³-hybridized carbons (Fsp3) is 0.650. The number of carbonyl (C=O) groups excluding carboxylic acids is 1. The van der Waals surface area contributed by atoms with Gasteiger partial charge in [0.15, 0.2) is 0 Å². The van der Waals surface area contributed by atoms with E-state index in [1.165, 1.54) is 5.56 Å². The van der Waals surface area contributed by atoms with Gasteiger partial charge in [-0.25, -0.2) is 0 Å². The van der Waals surface area contributed by atoms with Gasteiger partial charge in [0, 0.05) is 39.8 Å². The van der Waals surface area contributed by atoms with E-state index in [1.807, 2.05) is 11.9 Å². The molecule has 25 heavy (non-hydrogen) atoms. The topological polar surface area (TPSA) is 44.8 Å². The first kappa shape index (κ1) is 18.4. The van der Waals surface area contributed by atoms with Crippen molar-refractivity contribution in [1.29, 1.82) is 0 Å². The lowest BCUT2D eigenvalue weighted by Gasteiger charge is -2.42. The molecule has 2 aliphatic rings. The zero-order valence-electron chi connectivity index (χ0n) is 15.5. The summed E-state index contributed by atoms with van der Waals surface area (Å²) in [6.45, 7) is 4.78. The van der Waals surface area contributed by atoms with Crippen LogP contribution in [0.3, 0.4) is 0 Å². The van der Waals surface area contributed by atoms with Gasteiger partial charge >= 0.3 is 0 Å². The number of amides is 1. The molecule has 138 valence electrons. The smallest absolute Gasteiger partial charge is 0.254 e. The van der Waals surface area contributed by atoms with Crippen molar-refractivity contribution >= 4 is 5.91 Å². The minimum Gasteiger partial charge on any atom is -0.368 e. The molecule has 5 nitrogen and oxygen atoms in total. The number of nitrogens with zero attached hydrogens (tertiary/aromatic N) is 2. The van der Waals surface area contributed by atoms with Gasteiger partial charge in [-0.2, -0.15) is 0 Å². The Kier molecular flexibility index (Phi) is 6.10. The fourth-order valence-electron chi connectivity index (χ4n) is 4.13. The summed E-state index contributed by atoms with van der Waals surface area (Å²) in [4.78, 5) is 17.5. The van der Waals surface area contributed by atoms with E-state index in [0.29, 0.717) is 6.04 Å². The molecule has 1 aromatic carbocycles. The van der Waals surface area contributed by atoms with Crippen LogP contribution in [0.5, 0.6) is 0 Å². The van der Waals surface area contributed by atoms with Crippen molar-refractivity contribution in [1.82, 2.24) is 15.1 Å². The summed E-state index contributed by atoms with van der Waals surface area (Å²) in [5, 5.41) is 3.32. The number of carbonyl (C=O) groups is 1. The second kappa shape index (κ2) is 8.30. The molecule has 2 heterocycles. The summed E-state index contributed by atoms with van der Waals surface area (Å²) in [5.74, 6) is 0.165. The number of likely N-dealkylation sites (N-methyl/N-ethyl adjacent to an activating group) is 1. The van der Waals surface area contributed by atoms with E-state index < -0.39 is 5.60 Å². The SMILES string of the molecule is COC1(C(=O)N(C)C2CCN(Cc3ccccc3)CC2)CCNCC1. The molecular formula is C20H31N3O2. The Morgan fingerprint density at radius 2 is 1.88 bits per heavy atom. The van der Waals surface area contributed by atoms with Crippen LogP contribution in [0.4, 0.5) is 0 Å². The second-order valence-corrected chi connectivity index (χ2v) is 7.36. The van der Waals surface area contributed by atoms with Gasteiger partial charge < -0.3 is 15.0 Å². The Morgan fingerprint density at radius 3 is 2.48 bits per heavy atom. The average Bonchev–Trinajstić information content (AvgIpc) is 2.69. The Bertz CT molecular complexity index is 549. The van der Waals surface area contributed by atoms with Gasteiger partial charge in [-0.05, 0) is 44.3 Å². The van der Waals surface area contributed by atoms with Crippen LogP contribution in [-0.4, -0.2) is 67.7 Å². The summed E-state index contributed by atoms with van der Waals surface area (Å²) in [6, 6.07) is 10.9. The Labute approximate surface area is 151 Å². The first-order valence-corrected chi connectivity index (χ1v) is 9.44. The highest BCUT2D eigenvalue weighted by atomic mass is 16.5. The number of nitrogens with one attached hydrogen (secondary N) is 1. The van der Waals surface area contributed by atoms with Gasteiger partial charge in [0.1, 0.15) is 5.60 Å². The lowest BCUT2D eigenvalue weighted by Crippen LogP contribution is -2.57. The van der Waals surface area contributed by atoms with Crippen LogP contribution < -0.4 is 5.32 Å². The number of piperidine rings is 2. The second-order valence-electron chi connectivity index (χ2n) is 7.36. The molecule has 0 saturated carbocycles. The van der Waals surface area contributed by atoms with Crippen LogP contribution >= 0.6 is 0 Å². The van der Waals surface area contributed by atoms with Gasteiger partial charge in [-0.3, -0.25) is 9.69 Å². The maximum Gasteiger partial charge on any atom is 0.254 e. The number of hydrogen-bond acceptors (Lipinski definition) is 4. The normalized spacial score (nSPS) is 21.8. The summed E-state index contributed by atoms with van der Waals surface area (Å²) < 4.78 is 5.71. The van der Waals surface area contributed by atoms with Crippen molar-refractivity contribution in [3.8, 4) is 0 Å². The lowest BCUT2D eigenvalue weighted by molar-refractivity contribution is -0.160. The zero-order valence-corrected chi connectivity index (χ0v) is 15.5. The molecule has 5 heteroatoms. The number of methoxy groups -OCH3 is 1. The third-order valence-electron chi connectivity index (χ3n) is 5.87. The Hall–Kier alpha value is -1.43. The molecule has 2 fully saturated rings. The monoisotopic (exact) mass is 345 g/mol. The number of ether oxygens (including phenoxy) is 1. The predicted molar refractivity (Wildman–Crippen MR) is 99.4 cm³/mol. The van der Waals surface area contributed by atoms with Crippen molar-refractivity contribution in [3.05, 3.63) is 35.9 Å². The maximum absolute atomic E-state index is 13.1. The first-order chi connectivity index (χ1) is 12.1. The van der Waals surface area contributed by atoms with Crippen molar-refractivity contribution in [2.45, 2.75) is 43.9 Å². The van der Waals surface area contributed by atoms with E-state index in [4.69, 9.17) is 4.74 Å². The average molecular weight is 345 g/mol. The molecule has 1 aromatic rings. The summed E-state index contributed by atoms with van der Waals surface area (Å²) in [5.41, 5.74) is 0.736. The van der Waals surface area contributed by atoms with Gasteiger partial charge in [-0.15, -0.1) is 0 Å². The fourth-order valence-corrected chi connectivity index (χ4v) is 4.13. The van der Waals surface area contributed by atoms with E-state index in [1.54, 1.807) is 7.11 Å². The quantitative estimate of drug-likeness (QED) is 0.885. The van der Waals surface area contributed by atoms with Crippen LogP contribution in [0.1, 0.15) is 31.2 Å². The van der Waals surface area contributed by atoms with Crippen molar-refractivity contribution in [2.24, 2.45) is 0 Å². The molecule has 0 bridgehead atoms. The van der Waals surface area contributed by atoms with Crippen LogP contribution in [0.15, 0.2) is 30.3 Å². The van der Waals surface area contributed by atoms with E-state index in [2.05, 4.69) is 40.5 Å². The van der Waals surface area contributed by atoms with Crippen molar-refractivity contribution in [2.75, 3.05) is 40.3 Å². The lowest BCUT2D eigenvalue weighted by atomic mass is 9.89. The standard InChI is InChI=1S/C20H31N3O2/c1-22(19(24)20(25-2)10-12-21-13-11-20)18-8-14-23(15-9-18)16-17-6-4-3-5-7-17/h3-7,18,21H,8-16H2,1-2H3. The molecule has 1 amide bonds. The number of hydrogen-bond donors (Lipinski definition) is 1. The van der Waals surface area contributed by atoms with E-state index >= 15 is 0 Å². The Balaban J connectivity index is 1.54. The number of rotatable bonds is 5. The van der Waals surface area contributed by atoms with Crippen LogP contribution in [0.25, 0.3) is 0 Å². The maximum atomic E-state index is 13.1.